The van der Waals surface area contributed by atoms with E-state index in [4.69, 9.17) is 17.0 Å². The molecule has 0 radical (unpaired) electrons. The second kappa shape index (κ2) is 9.22. The van der Waals surface area contributed by atoms with Crippen LogP contribution in [0.2, 0.25) is 0 Å². The fourth-order valence-corrected chi connectivity index (χ4v) is 3.79. The first kappa shape index (κ1) is 22.4. The van der Waals surface area contributed by atoms with Gasteiger partial charge in [-0.15, -0.1) is 0 Å². The summed E-state index contributed by atoms with van der Waals surface area (Å²) in [6.45, 7) is 1.49. The van der Waals surface area contributed by atoms with Crippen molar-refractivity contribution in [2.45, 2.75) is 19.0 Å². The third-order valence-electron chi connectivity index (χ3n) is 4.65. The van der Waals surface area contributed by atoms with E-state index < -0.39 is 17.6 Å². The number of hydrogen-bond acceptors (Lipinski definition) is 4. The van der Waals surface area contributed by atoms with Crippen molar-refractivity contribution in [1.29, 1.82) is 0 Å². The lowest BCUT2D eigenvalue weighted by Gasteiger charge is -2.23. The van der Waals surface area contributed by atoms with E-state index in [0.717, 1.165) is 38.1 Å². The lowest BCUT2D eigenvalue weighted by Crippen LogP contribution is -2.35. The number of amides is 1. The van der Waals surface area contributed by atoms with Gasteiger partial charge in [-0.1, -0.05) is 15.9 Å². The predicted molar refractivity (Wildman–Crippen MR) is 117 cm³/mol. The number of carbonyl (C=O) groups excluding carboxylic acids is 1. The zero-order chi connectivity index (χ0) is 21.9. The highest BCUT2D eigenvalue weighted by Gasteiger charge is 2.32. The summed E-state index contributed by atoms with van der Waals surface area (Å²) in [6, 6.07) is 8.39. The van der Waals surface area contributed by atoms with E-state index in [1.165, 1.54) is 13.2 Å². The van der Waals surface area contributed by atoms with Crippen molar-refractivity contribution < 1.29 is 22.7 Å². The molecule has 2 aromatic rings. The molecule has 1 fully saturated rings. The van der Waals surface area contributed by atoms with Crippen molar-refractivity contribution in [3.05, 3.63) is 52.0 Å². The number of rotatable bonds is 4. The van der Waals surface area contributed by atoms with Gasteiger partial charge in [-0.05, 0) is 61.5 Å². The summed E-state index contributed by atoms with van der Waals surface area (Å²) in [5, 5.41) is 5.15. The number of nitrogens with one attached hydrogen (secondary N) is 2. The fourth-order valence-electron chi connectivity index (χ4n) is 3.23. The monoisotopic (exact) mass is 501 g/mol. The van der Waals surface area contributed by atoms with E-state index in [0.29, 0.717) is 15.9 Å². The van der Waals surface area contributed by atoms with E-state index in [1.54, 1.807) is 18.2 Å². The van der Waals surface area contributed by atoms with Crippen LogP contribution in [0.3, 0.4) is 0 Å². The lowest BCUT2D eigenvalue weighted by molar-refractivity contribution is -0.137. The summed E-state index contributed by atoms with van der Waals surface area (Å²) >= 11 is 8.49. The van der Waals surface area contributed by atoms with Crippen LogP contribution in [-0.4, -0.2) is 31.2 Å². The van der Waals surface area contributed by atoms with Crippen LogP contribution < -0.4 is 20.3 Å². The van der Waals surface area contributed by atoms with Crippen molar-refractivity contribution in [3.63, 3.8) is 0 Å². The first-order valence-electron chi connectivity index (χ1n) is 9.11. The number of alkyl halides is 3. The van der Waals surface area contributed by atoms with E-state index >= 15 is 0 Å². The molecule has 1 heterocycles. The van der Waals surface area contributed by atoms with Crippen LogP contribution in [0.25, 0.3) is 0 Å². The molecule has 0 bridgehead atoms. The Bertz CT molecular complexity index is 963. The number of ether oxygens (including phenoxy) is 1. The Morgan fingerprint density at radius 2 is 1.87 bits per heavy atom. The van der Waals surface area contributed by atoms with Gasteiger partial charge in [0.25, 0.3) is 5.91 Å². The number of hydrogen-bond donors (Lipinski definition) is 2. The zero-order valence-corrected chi connectivity index (χ0v) is 18.4. The average molecular weight is 502 g/mol. The van der Waals surface area contributed by atoms with E-state index in [2.05, 4.69) is 26.6 Å². The Morgan fingerprint density at radius 1 is 1.17 bits per heavy atom. The minimum absolute atomic E-state index is 0.109. The molecule has 1 aliphatic rings. The highest BCUT2D eigenvalue weighted by Crippen LogP contribution is 2.36. The van der Waals surface area contributed by atoms with Crippen LogP contribution >= 0.6 is 28.1 Å². The fraction of sp³-hybridized carbons (Fsp3) is 0.300. The molecule has 5 nitrogen and oxygen atoms in total. The molecule has 160 valence electrons. The molecular weight excluding hydrogens is 483 g/mol. The molecule has 2 N–H and O–H groups in total. The minimum atomic E-state index is -4.49. The number of halogens is 4. The van der Waals surface area contributed by atoms with Gasteiger partial charge in [0.15, 0.2) is 5.11 Å². The molecule has 0 aromatic heterocycles. The Kier molecular flexibility index (Phi) is 6.87. The van der Waals surface area contributed by atoms with Gasteiger partial charge in [0.1, 0.15) is 5.75 Å². The SMILES string of the molecule is COc1ccc(Br)cc1C(=O)NC(=S)Nc1cc(C(F)(F)F)ccc1N1CCCC1. The summed E-state index contributed by atoms with van der Waals surface area (Å²) in [5.74, 6) is -0.198. The highest BCUT2D eigenvalue weighted by molar-refractivity contribution is 9.10. The summed E-state index contributed by atoms with van der Waals surface area (Å²) in [5.41, 5.74) is 0.242. The van der Waals surface area contributed by atoms with Crippen LogP contribution in [0.4, 0.5) is 24.5 Å². The van der Waals surface area contributed by atoms with Gasteiger partial charge in [0.2, 0.25) is 0 Å². The summed E-state index contributed by atoms with van der Waals surface area (Å²) in [6.07, 6.45) is -2.57. The second-order valence-corrected chi connectivity index (χ2v) is 8.00. The summed E-state index contributed by atoms with van der Waals surface area (Å²) in [7, 11) is 1.43. The van der Waals surface area contributed by atoms with Gasteiger partial charge in [0.05, 0.1) is 29.6 Å². The van der Waals surface area contributed by atoms with E-state index in [9.17, 15) is 18.0 Å². The molecule has 2 aromatic carbocycles. The molecule has 1 saturated heterocycles. The van der Waals surface area contributed by atoms with Crippen LogP contribution in [0.1, 0.15) is 28.8 Å². The molecule has 0 atom stereocenters. The molecule has 3 rings (SSSR count). The highest BCUT2D eigenvalue weighted by atomic mass is 79.9. The average Bonchev–Trinajstić information content (AvgIpc) is 3.21. The van der Waals surface area contributed by atoms with Crippen molar-refractivity contribution >= 4 is 50.5 Å². The number of thiocarbonyl (C=S) groups is 1. The molecule has 0 aliphatic carbocycles. The zero-order valence-electron chi connectivity index (χ0n) is 16.0. The minimum Gasteiger partial charge on any atom is -0.496 e. The van der Waals surface area contributed by atoms with Crippen LogP contribution in [0.5, 0.6) is 5.75 Å². The summed E-state index contributed by atoms with van der Waals surface area (Å²) in [4.78, 5) is 14.6. The number of methoxy groups -OCH3 is 1. The van der Waals surface area contributed by atoms with Crippen molar-refractivity contribution in [1.82, 2.24) is 5.32 Å². The molecule has 1 amide bonds. The standard InChI is InChI=1S/C20H19BrF3N3O2S/c1-29-17-7-5-13(21)11-14(17)18(28)26-19(30)25-15-10-12(20(22,23)24)4-6-16(15)27-8-2-3-9-27/h4-7,10-11H,2-3,8-9H2,1H3,(H2,25,26,28,30). The maximum Gasteiger partial charge on any atom is 0.416 e. The Morgan fingerprint density at radius 3 is 2.50 bits per heavy atom. The van der Waals surface area contributed by atoms with E-state index in [-0.39, 0.29) is 16.4 Å². The van der Waals surface area contributed by atoms with Crippen LogP contribution in [0.15, 0.2) is 40.9 Å². The second-order valence-electron chi connectivity index (χ2n) is 6.68. The first-order valence-corrected chi connectivity index (χ1v) is 10.3. The third kappa shape index (κ3) is 5.23. The Balaban J connectivity index is 1.83. The van der Waals surface area contributed by atoms with Crippen LogP contribution in [-0.2, 0) is 6.18 Å². The number of anilines is 2. The first-order chi connectivity index (χ1) is 14.2. The molecule has 10 heteroatoms. The lowest BCUT2D eigenvalue weighted by atomic mass is 10.1. The quantitative estimate of drug-likeness (QED) is 0.563. The molecule has 30 heavy (non-hydrogen) atoms. The Hall–Kier alpha value is -2.33. The van der Waals surface area contributed by atoms with Gasteiger partial charge in [-0.3, -0.25) is 10.1 Å². The van der Waals surface area contributed by atoms with Crippen molar-refractivity contribution in [3.8, 4) is 5.75 Å². The van der Waals surface area contributed by atoms with Gasteiger partial charge in [0, 0.05) is 17.6 Å². The number of benzene rings is 2. The van der Waals surface area contributed by atoms with Gasteiger partial charge in [-0.2, -0.15) is 13.2 Å². The van der Waals surface area contributed by atoms with Gasteiger partial charge in [-0.25, -0.2) is 0 Å². The van der Waals surface area contributed by atoms with Gasteiger partial charge < -0.3 is 15.0 Å². The number of carbonyl (C=O) groups is 1. The maximum absolute atomic E-state index is 13.2. The molecule has 0 saturated carbocycles. The topological polar surface area (TPSA) is 53.6 Å². The molecule has 1 aliphatic heterocycles. The summed E-state index contributed by atoms with van der Waals surface area (Å²) < 4.78 is 45.5. The largest absolute Gasteiger partial charge is 0.496 e. The number of nitrogens with zero attached hydrogens (tertiary/aromatic N) is 1. The third-order valence-corrected chi connectivity index (χ3v) is 5.35. The van der Waals surface area contributed by atoms with Crippen LogP contribution in [0, 0.1) is 0 Å². The molecule has 0 unspecified atom stereocenters. The molecule has 0 spiro atoms. The Labute approximate surface area is 185 Å². The molecular formula is C20H19BrF3N3O2S. The smallest absolute Gasteiger partial charge is 0.416 e. The van der Waals surface area contributed by atoms with Crippen molar-refractivity contribution in [2.24, 2.45) is 0 Å². The maximum atomic E-state index is 13.2. The predicted octanol–water partition coefficient (Wildman–Crippen LogP) is 5.20. The van der Waals surface area contributed by atoms with E-state index in [1.807, 2.05) is 4.90 Å². The van der Waals surface area contributed by atoms with Crippen molar-refractivity contribution in [2.75, 3.05) is 30.4 Å². The normalized spacial score (nSPS) is 13.8. The van der Waals surface area contributed by atoms with Gasteiger partial charge >= 0.3 is 6.18 Å².